The van der Waals surface area contributed by atoms with Crippen LogP contribution in [0.15, 0.2) is 32.4 Å². The van der Waals surface area contributed by atoms with Gasteiger partial charge in [0.15, 0.2) is 22.4 Å². The maximum atomic E-state index is 13.0. The zero-order valence-corrected chi connectivity index (χ0v) is 26.1. The Bertz CT molecular complexity index is 2010. The van der Waals surface area contributed by atoms with Crippen molar-refractivity contribution >= 4 is 56.2 Å². The van der Waals surface area contributed by atoms with Crippen LogP contribution in [0.2, 0.25) is 0 Å². The van der Waals surface area contributed by atoms with E-state index < -0.39 is 74.8 Å². The molecule has 0 aromatic carbocycles. The summed E-state index contributed by atoms with van der Waals surface area (Å²) in [4.78, 5) is 86.6. The molecular formula is C23H26N10O12S2. The monoisotopic (exact) mass is 698 g/mol. The fourth-order valence-electron chi connectivity index (χ4n) is 3.66. The number of nitrogen functional groups attached to an aromatic ring is 1. The summed E-state index contributed by atoms with van der Waals surface area (Å²) in [5, 5.41) is 29.7. The van der Waals surface area contributed by atoms with E-state index in [-0.39, 0.29) is 39.6 Å². The fourth-order valence-corrected chi connectivity index (χ4v) is 5.12. The number of methoxy groups -OCH3 is 1. The number of carboxylic acid groups (broad SMARTS) is 1. The second kappa shape index (κ2) is 13.0. The Labute approximate surface area is 266 Å². The minimum Gasteiger partial charge on any atom is -0.503 e. The van der Waals surface area contributed by atoms with Crippen molar-refractivity contribution in [1.29, 1.82) is 0 Å². The van der Waals surface area contributed by atoms with E-state index >= 15 is 0 Å². The Morgan fingerprint density at radius 2 is 1.98 bits per heavy atom. The largest absolute Gasteiger partial charge is 0.503 e. The average molecular weight is 699 g/mol. The maximum absolute atomic E-state index is 13.0. The molecule has 1 saturated heterocycles. The van der Waals surface area contributed by atoms with Gasteiger partial charge in [0.2, 0.25) is 11.0 Å². The number of hydrogen-bond donors (Lipinski definition) is 6. The van der Waals surface area contributed by atoms with Crippen molar-refractivity contribution < 1.29 is 47.4 Å². The Hall–Kier alpha value is -5.62. The number of carboxylic acids is 1. The quantitative estimate of drug-likeness (QED) is 0.0632. The minimum absolute atomic E-state index is 0.0351. The Balaban J connectivity index is 1.50. The number of anilines is 1. The number of imide groups is 1. The number of β-lactam (4-membered cyclic amide) rings is 1. The van der Waals surface area contributed by atoms with Crippen LogP contribution in [-0.4, -0.2) is 109 Å². The Kier molecular flexibility index (Phi) is 9.48. The molecule has 1 aliphatic rings. The van der Waals surface area contributed by atoms with Gasteiger partial charge in [-0.1, -0.05) is 9.24 Å². The van der Waals surface area contributed by atoms with Crippen molar-refractivity contribution in [1.82, 2.24) is 38.7 Å². The van der Waals surface area contributed by atoms with Gasteiger partial charge in [0, 0.05) is 24.8 Å². The number of nitrogens with zero attached hydrogens (tertiary/aromatic N) is 6. The molecule has 252 valence electrons. The number of nitrogens with one attached hydrogen (secondary N) is 3. The number of aromatic amines is 1. The summed E-state index contributed by atoms with van der Waals surface area (Å²) in [6.45, 7) is 1.47. The number of ether oxygens (including phenoxy) is 1. The highest BCUT2D eigenvalue weighted by molar-refractivity contribution is 7.88. The number of amides is 4. The number of carbonyl (C=O) groups excluding carboxylic acids is 3. The van der Waals surface area contributed by atoms with Crippen molar-refractivity contribution in [2.24, 2.45) is 5.16 Å². The van der Waals surface area contributed by atoms with Crippen LogP contribution in [0.1, 0.15) is 19.5 Å². The number of aromatic hydroxyl groups is 1. The lowest BCUT2D eigenvalue weighted by molar-refractivity contribution is -0.161. The summed E-state index contributed by atoms with van der Waals surface area (Å²) >= 11 is 0.930. The molecule has 47 heavy (non-hydrogen) atoms. The molecule has 3 aromatic rings. The molecule has 24 heteroatoms. The van der Waals surface area contributed by atoms with Gasteiger partial charge in [-0.2, -0.15) is 8.42 Å². The lowest BCUT2D eigenvalue weighted by Crippen LogP contribution is -2.68. The van der Waals surface area contributed by atoms with Gasteiger partial charge in [-0.25, -0.2) is 24.1 Å². The topological polar surface area (TPSA) is 313 Å². The highest BCUT2D eigenvalue weighted by Gasteiger charge is 2.44. The van der Waals surface area contributed by atoms with Crippen LogP contribution < -0.4 is 26.9 Å². The molecule has 0 spiro atoms. The number of aliphatic carboxylic acids is 1. The SMILES string of the molecule is COCCn1c(-c2cc(=O)c(O)c[nH]2)nn(S(=O)(=O)NC(=O)N2C[C@H](NC(=O)/C(=N\OC(C)(C)C(=O)O)c3csc(N)n3)C2=O)c1=O. The Morgan fingerprint density at radius 1 is 1.28 bits per heavy atom. The van der Waals surface area contributed by atoms with Crippen LogP contribution in [0, 0.1) is 0 Å². The number of aromatic nitrogens is 5. The first-order chi connectivity index (χ1) is 22.0. The van der Waals surface area contributed by atoms with Gasteiger partial charge >= 0.3 is 27.9 Å². The Morgan fingerprint density at radius 3 is 2.55 bits per heavy atom. The van der Waals surface area contributed by atoms with Gasteiger partial charge in [0.05, 0.1) is 25.4 Å². The van der Waals surface area contributed by atoms with Crippen LogP contribution in [0.5, 0.6) is 5.75 Å². The summed E-state index contributed by atoms with van der Waals surface area (Å²) in [6, 6.07) is -1.99. The summed E-state index contributed by atoms with van der Waals surface area (Å²) in [5.74, 6) is -4.54. The first-order valence-electron chi connectivity index (χ1n) is 13.0. The molecule has 22 nitrogen and oxygen atoms in total. The zero-order valence-electron chi connectivity index (χ0n) is 24.5. The van der Waals surface area contributed by atoms with Gasteiger partial charge < -0.3 is 35.8 Å². The number of likely N-dealkylation sites (tertiary alicyclic amines) is 1. The predicted molar refractivity (Wildman–Crippen MR) is 158 cm³/mol. The molecule has 7 N–H and O–H groups in total. The second-order valence-electron chi connectivity index (χ2n) is 9.99. The predicted octanol–water partition coefficient (Wildman–Crippen LogP) is -2.80. The van der Waals surface area contributed by atoms with E-state index in [1.165, 1.54) is 17.2 Å². The van der Waals surface area contributed by atoms with E-state index in [0.29, 0.717) is 4.90 Å². The van der Waals surface area contributed by atoms with Crippen LogP contribution in [0.4, 0.5) is 9.93 Å². The van der Waals surface area contributed by atoms with Crippen molar-refractivity contribution in [3.05, 3.63) is 44.0 Å². The number of urea groups is 1. The van der Waals surface area contributed by atoms with Gasteiger partial charge in [-0.05, 0) is 13.8 Å². The molecule has 1 aliphatic heterocycles. The van der Waals surface area contributed by atoms with Crippen molar-refractivity contribution in [3.8, 4) is 17.3 Å². The van der Waals surface area contributed by atoms with Crippen LogP contribution >= 0.6 is 11.3 Å². The van der Waals surface area contributed by atoms with E-state index in [9.17, 15) is 47.4 Å². The number of hydrogen-bond acceptors (Lipinski definition) is 16. The molecule has 0 unspecified atom stereocenters. The molecule has 1 fully saturated rings. The molecule has 0 aliphatic carbocycles. The lowest BCUT2D eigenvalue weighted by atomic mass is 10.1. The summed E-state index contributed by atoms with van der Waals surface area (Å²) in [7, 11) is -3.79. The second-order valence-corrected chi connectivity index (χ2v) is 12.4. The molecule has 3 aromatic heterocycles. The van der Waals surface area contributed by atoms with E-state index in [1.807, 2.05) is 0 Å². The molecular weight excluding hydrogens is 672 g/mol. The summed E-state index contributed by atoms with van der Waals surface area (Å²) in [6.07, 6.45) is 0.897. The standard InChI is InChI=1S/C23H26N10O12S2/c1-23(2,19(38)39)45-29-15(12-9-46-20(24)27-12)17(36)26-11-8-32(18(11)37)21(40)30-47(42,43)33-22(41)31(4-5-44-3)16(28-33)10-6-13(34)14(35)7-25-10/h6-7,9,11,35H,4-5,8H2,1-3H3,(H2,24,27)(H,25,34)(H,26,36)(H,30,40)(H,38,39)/b29-15-/t11-/m0/s1. The van der Waals surface area contributed by atoms with Gasteiger partial charge in [-0.15, -0.1) is 16.4 Å². The number of H-pyrrole nitrogens is 1. The highest BCUT2D eigenvalue weighted by atomic mass is 32.2. The van der Waals surface area contributed by atoms with Crippen LogP contribution in [0.25, 0.3) is 11.5 Å². The zero-order chi connectivity index (χ0) is 34.8. The third-order valence-electron chi connectivity index (χ3n) is 6.27. The molecule has 4 amide bonds. The molecule has 4 heterocycles. The first-order valence-corrected chi connectivity index (χ1v) is 15.3. The number of pyridine rings is 1. The summed E-state index contributed by atoms with van der Waals surface area (Å²) < 4.78 is 33.3. The third kappa shape index (κ3) is 7.12. The lowest BCUT2D eigenvalue weighted by Gasteiger charge is -2.36. The van der Waals surface area contributed by atoms with Crippen LogP contribution in [-0.2, 0) is 40.7 Å². The number of oxime groups is 1. The number of rotatable bonds is 12. The van der Waals surface area contributed by atoms with Crippen LogP contribution in [0.3, 0.4) is 0 Å². The number of carbonyl (C=O) groups is 4. The van der Waals surface area contributed by atoms with Crippen molar-refractivity contribution in [2.45, 2.75) is 32.0 Å². The van der Waals surface area contributed by atoms with E-state index in [4.69, 9.17) is 15.3 Å². The van der Waals surface area contributed by atoms with E-state index in [2.05, 4.69) is 25.5 Å². The molecule has 1 atom stereocenters. The number of thiazole rings is 1. The molecule has 0 bridgehead atoms. The van der Waals surface area contributed by atoms with Crippen molar-refractivity contribution in [2.75, 3.05) is 26.0 Å². The van der Waals surface area contributed by atoms with E-state index in [0.717, 1.165) is 42.0 Å². The average Bonchev–Trinajstić information content (AvgIpc) is 3.57. The highest BCUT2D eigenvalue weighted by Crippen LogP contribution is 2.17. The maximum Gasteiger partial charge on any atom is 0.362 e. The third-order valence-corrected chi connectivity index (χ3v) is 8.07. The van der Waals surface area contributed by atoms with Gasteiger partial charge in [-0.3, -0.25) is 23.9 Å². The van der Waals surface area contributed by atoms with Gasteiger partial charge in [0.25, 0.3) is 11.8 Å². The number of nitrogens with two attached hydrogens (primary N) is 1. The normalized spacial score (nSPS) is 15.2. The van der Waals surface area contributed by atoms with E-state index in [1.54, 1.807) is 0 Å². The first kappa shape index (κ1) is 34.3. The smallest absolute Gasteiger partial charge is 0.362 e. The molecule has 4 rings (SSSR count). The minimum atomic E-state index is -5.10. The van der Waals surface area contributed by atoms with Crippen molar-refractivity contribution in [3.63, 3.8) is 0 Å². The fraction of sp³-hybridized carbons (Fsp3) is 0.348. The van der Waals surface area contributed by atoms with Gasteiger partial charge in [0.1, 0.15) is 11.7 Å². The summed E-state index contributed by atoms with van der Waals surface area (Å²) in [5.41, 5.74) is 0.816. The molecule has 0 radical (unpaired) electrons. The molecule has 0 saturated carbocycles.